The molecule has 0 spiro atoms. The van der Waals surface area contributed by atoms with Crippen LogP contribution < -0.4 is 25.9 Å². The van der Waals surface area contributed by atoms with E-state index in [2.05, 4.69) is 62.4 Å². The molecule has 0 radical (unpaired) electrons. The quantitative estimate of drug-likeness (QED) is 0.131. The molecule has 0 amide bonds. The molecule has 0 aliphatic heterocycles. The first kappa shape index (κ1) is 32.6. The fourth-order valence-corrected chi connectivity index (χ4v) is 5.41. The van der Waals surface area contributed by atoms with Crippen molar-refractivity contribution in [1.29, 1.82) is 0 Å². The zero-order valence-electron chi connectivity index (χ0n) is 19.5. The Balaban J connectivity index is 0.00000129. The van der Waals surface area contributed by atoms with Crippen molar-refractivity contribution >= 4 is 20.3 Å². The van der Waals surface area contributed by atoms with Crippen molar-refractivity contribution in [3.63, 3.8) is 0 Å². The van der Waals surface area contributed by atoms with Crippen LogP contribution in [-0.2, 0) is 6.42 Å². The molecular weight excluding hydrogens is 663 g/mol. The van der Waals surface area contributed by atoms with Crippen LogP contribution in [0.4, 0.5) is 14.1 Å². The zero-order chi connectivity index (χ0) is 23.9. The van der Waals surface area contributed by atoms with E-state index < -0.39 is 20.3 Å². The van der Waals surface area contributed by atoms with Crippen LogP contribution in [0.1, 0.15) is 82.3 Å². The van der Waals surface area contributed by atoms with E-state index in [1.165, 1.54) is 88.9 Å². The molecule has 192 valence electrons. The Kier molecular flexibility index (Phi) is 16.8. The van der Waals surface area contributed by atoms with Crippen molar-refractivity contribution in [3.05, 3.63) is 66.8 Å². The van der Waals surface area contributed by atoms with Crippen LogP contribution in [0.3, 0.4) is 0 Å². The molecule has 0 aliphatic rings. The van der Waals surface area contributed by atoms with Gasteiger partial charge in [0, 0.05) is 0 Å². The van der Waals surface area contributed by atoms with E-state index in [9.17, 15) is 14.1 Å². The van der Waals surface area contributed by atoms with Gasteiger partial charge >= 0.3 is 181 Å². The molecular formula is C25H36F6ISb-2. The number of hydrogen-bond donors (Lipinski definition) is 0. The molecule has 2 aromatic rings. The number of halogens is 7. The molecule has 0 bridgehead atoms. The van der Waals surface area contributed by atoms with Crippen molar-refractivity contribution < 1.29 is 40.0 Å². The second-order valence-electron chi connectivity index (χ2n) is 8.09. The third-order valence-electron chi connectivity index (χ3n) is 4.96. The van der Waals surface area contributed by atoms with Crippen molar-refractivity contribution in [3.8, 4) is 0 Å². The topological polar surface area (TPSA) is 0 Å². The van der Waals surface area contributed by atoms with Gasteiger partial charge in [0.25, 0.3) is 0 Å². The van der Waals surface area contributed by atoms with Crippen molar-refractivity contribution in [1.82, 2.24) is 0 Å². The van der Waals surface area contributed by atoms with E-state index in [0.29, 0.717) is 0 Å². The third kappa shape index (κ3) is 21.8. The van der Waals surface area contributed by atoms with Gasteiger partial charge in [-0.2, -0.15) is 0 Å². The number of rotatable bonds is 13. The summed E-state index contributed by atoms with van der Waals surface area (Å²) in [6.45, 7) is 4.45. The normalized spacial score (nSPS) is 12.3. The summed E-state index contributed by atoms with van der Waals surface area (Å²) >= 11 is -9.22. The molecule has 33 heavy (non-hydrogen) atoms. The van der Waals surface area contributed by atoms with Crippen molar-refractivity contribution in [2.75, 3.05) is 0 Å². The first-order valence-electron chi connectivity index (χ1n) is 11.4. The number of hydrogen-bond acceptors (Lipinski definition) is 0. The van der Waals surface area contributed by atoms with Crippen LogP contribution in [0, 0.1) is 14.1 Å². The molecule has 0 saturated heterocycles. The molecule has 0 aromatic heterocycles. The summed E-state index contributed by atoms with van der Waals surface area (Å²) in [7, 11) is 0. The Hall–Kier alpha value is -0.432. The minimum absolute atomic E-state index is 0. The van der Waals surface area contributed by atoms with E-state index in [1.54, 1.807) is 0 Å². The molecule has 0 fully saturated rings. The monoisotopic (exact) mass is 698 g/mol. The first-order valence-corrected chi connectivity index (χ1v) is 18.4. The summed E-state index contributed by atoms with van der Waals surface area (Å²) in [5.74, 6) is 0. The first-order chi connectivity index (χ1) is 15.0. The van der Waals surface area contributed by atoms with E-state index in [-0.39, 0.29) is 25.9 Å². The molecule has 0 saturated carbocycles. The summed E-state index contributed by atoms with van der Waals surface area (Å²) in [5.41, 5.74) is 2.87. The maximum atomic E-state index is 9.91. The van der Waals surface area contributed by atoms with Crippen LogP contribution in [0.15, 0.2) is 48.5 Å². The Labute approximate surface area is 210 Å². The predicted octanol–water partition coefficient (Wildman–Crippen LogP) is 3.31. The summed E-state index contributed by atoms with van der Waals surface area (Å²) < 4.78 is 52.6. The minimum atomic E-state index is -9.19. The second kappa shape index (κ2) is 17.1. The fourth-order valence-electron chi connectivity index (χ4n) is 3.25. The Morgan fingerprint density at radius 1 is 0.606 bits per heavy atom. The fraction of sp³-hybridized carbons (Fsp3) is 0.520. The second-order valence-corrected chi connectivity index (χ2v) is 14.8. The molecule has 0 N–H and O–H groups in total. The van der Waals surface area contributed by atoms with Gasteiger partial charge in [-0.05, 0) is 0 Å². The number of aryl methyl sites for hydroxylation is 2. The Bertz CT molecular complexity index is 725. The third-order valence-corrected chi connectivity index (χ3v) is 7.65. The standard InChI is InChI=1S/C25H36I.6FH.Sb/c1-3-4-5-6-7-8-9-10-11-12-13-23-16-20-25(21-17-23)26-24-18-14-22(2)15-19-24;;;;;;;/h14-21H,3-13H2,1-2H3;6*1H;/q-1;;;;;;;+5/p-6. The van der Waals surface area contributed by atoms with Crippen LogP contribution >= 0.6 is 0 Å². The van der Waals surface area contributed by atoms with Gasteiger partial charge in [0.15, 0.2) is 0 Å². The van der Waals surface area contributed by atoms with Crippen LogP contribution in [0.2, 0.25) is 0 Å². The predicted molar refractivity (Wildman–Crippen MR) is 122 cm³/mol. The summed E-state index contributed by atoms with van der Waals surface area (Å²) in [5, 5.41) is 0. The Morgan fingerprint density at radius 2 is 0.970 bits per heavy atom. The van der Waals surface area contributed by atoms with Gasteiger partial charge < -0.3 is 4.70 Å². The van der Waals surface area contributed by atoms with Gasteiger partial charge in [-0.15, -0.1) is 0 Å². The summed E-state index contributed by atoms with van der Waals surface area (Å²) in [6.07, 6.45) is 15.4. The van der Waals surface area contributed by atoms with Gasteiger partial charge in [0.1, 0.15) is 0 Å². The Morgan fingerprint density at radius 3 is 1.39 bits per heavy atom. The van der Waals surface area contributed by atoms with E-state index in [1.807, 2.05) is 0 Å². The molecule has 2 rings (SSSR count). The molecule has 0 nitrogen and oxygen atoms in total. The van der Waals surface area contributed by atoms with Gasteiger partial charge in [0.2, 0.25) is 0 Å². The zero-order valence-corrected chi connectivity index (χ0v) is 24.2. The van der Waals surface area contributed by atoms with Crippen molar-refractivity contribution in [2.45, 2.75) is 84.5 Å². The van der Waals surface area contributed by atoms with Gasteiger partial charge in [-0.1, -0.05) is 26.2 Å². The molecule has 0 heterocycles. The van der Waals surface area contributed by atoms with Crippen molar-refractivity contribution in [2.24, 2.45) is 0 Å². The molecule has 0 atom stereocenters. The van der Waals surface area contributed by atoms with Gasteiger partial charge in [-0.3, -0.25) is 0 Å². The average molecular weight is 699 g/mol. The summed E-state index contributed by atoms with van der Waals surface area (Å²) in [4.78, 5) is 0. The SMILES string of the molecule is CCCCCCCCCCCCc1ccc([I-]c2ccc(C)cc2)cc1.[F-].[F][Sb]([F])([F])([F])[F]. The van der Waals surface area contributed by atoms with Crippen LogP contribution in [0.5, 0.6) is 0 Å². The van der Waals surface area contributed by atoms with E-state index >= 15 is 0 Å². The van der Waals surface area contributed by atoms with E-state index in [4.69, 9.17) is 0 Å². The number of unbranched alkanes of at least 4 members (excludes halogenated alkanes) is 9. The maximum absolute atomic E-state index is 9.91. The summed E-state index contributed by atoms with van der Waals surface area (Å²) in [6, 6.07) is 18.5. The van der Waals surface area contributed by atoms with E-state index in [0.717, 1.165) is 0 Å². The molecule has 8 heteroatoms. The molecule has 2 aromatic carbocycles. The van der Waals surface area contributed by atoms with Gasteiger partial charge in [0.05, 0.1) is 0 Å². The molecule has 0 unspecified atom stereocenters. The number of benzene rings is 2. The average Bonchev–Trinajstić information content (AvgIpc) is 2.70. The van der Waals surface area contributed by atoms with Gasteiger partial charge in [-0.25, -0.2) is 0 Å². The van der Waals surface area contributed by atoms with Crippen LogP contribution in [0.25, 0.3) is 0 Å². The van der Waals surface area contributed by atoms with Crippen LogP contribution in [-0.4, -0.2) is 20.3 Å². The molecule has 0 aliphatic carbocycles.